The highest BCUT2D eigenvalue weighted by Gasteiger charge is 2.22. The Labute approximate surface area is 150 Å². The fourth-order valence-corrected chi connectivity index (χ4v) is 3.62. The molecule has 0 radical (unpaired) electrons. The molecule has 0 saturated heterocycles. The maximum Gasteiger partial charge on any atom is 0.225 e. The maximum atomic E-state index is 4.86. The molecule has 0 fully saturated rings. The van der Waals surface area contributed by atoms with Crippen molar-refractivity contribution >= 4 is 17.0 Å². The molecule has 26 heavy (non-hydrogen) atoms. The smallest absolute Gasteiger partial charge is 0.225 e. The highest BCUT2D eigenvalue weighted by molar-refractivity contribution is 5.95. The number of anilines is 1. The normalized spacial score (nSPS) is 12.7. The number of nitrogens with zero attached hydrogens (tertiary/aromatic N) is 5. The molecule has 0 saturated carbocycles. The number of nitrogens with one attached hydrogen (secondary N) is 1. The van der Waals surface area contributed by atoms with Gasteiger partial charge in [0.25, 0.3) is 0 Å². The zero-order chi connectivity index (χ0) is 17.5. The van der Waals surface area contributed by atoms with Crippen LogP contribution in [0.15, 0.2) is 48.9 Å². The first-order valence-electron chi connectivity index (χ1n) is 8.72. The van der Waals surface area contributed by atoms with Gasteiger partial charge in [0, 0.05) is 42.5 Å². The largest absolute Gasteiger partial charge is 0.340 e. The molecule has 5 rings (SSSR count). The number of benzene rings is 1. The third kappa shape index (κ3) is 2.42. The van der Waals surface area contributed by atoms with Crippen LogP contribution in [0, 0.1) is 0 Å². The summed E-state index contributed by atoms with van der Waals surface area (Å²) in [6.07, 6.45) is 7.57. The highest BCUT2D eigenvalue weighted by atomic mass is 15.2. The first kappa shape index (κ1) is 15.0. The first-order chi connectivity index (χ1) is 12.8. The predicted octanol–water partition coefficient (Wildman–Crippen LogP) is 3.15. The monoisotopic (exact) mass is 342 g/mol. The summed E-state index contributed by atoms with van der Waals surface area (Å²) >= 11 is 0. The summed E-state index contributed by atoms with van der Waals surface area (Å²) in [6, 6.07) is 10.4. The summed E-state index contributed by atoms with van der Waals surface area (Å²) in [6.45, 7) is 0.784. The third-order valence-electron chi connectivity index (χ3n) is 4.92. The van der Waals surface area contributed by atoms with E-state index in [1.807, 2.05) is 31.7 Å². The molecular weight excluding hydrogens is 324 g/mol. The van der Waals surface area contributed by atoms with Gasteiger partial charge in [-0.1, -0.05) is 30.3 Å². The van der Waals surface area contributed by atoms with Gasteiger partial charge < -0.3 is 4.90 Å². The van der Waals surface area contributed by atoms with E-state index >= 15 is 0 Å². The van der Waals surface area contributed by atoms with Gasteiger partial charge in [0.1, 0.15) is 0 Å². The van der Waals surface area contributed by atoms with E-state index in [9.17, 15) is 0 Å². The molecule has 4 aromatic rings. The number of H-pyrrole nitrogens is 1. The van der Waals surface area contributed by atoms with E-state index in [1.165, 1.54) is 16.7 Å². The van der Waals surface area contributed by atoms with Crippen LogP contribution in [0.2, 0.25) is 0 Å². The van der Waals surface area contributed by atoms with Crippen LogP contribution in [-0.4, -0.2) is 32.2 Å². The number of hydrogen-bond donors (Lipinski definition) is 1. The zero-order valence-corrected chi connectivity index (χ0v) is 14.5. The third-order valence-corrected chi connectivity index (χ3v) is 4.92. The van der Waals surface area contributed by atoms with Gasteiger partial charge in [-0.2, -0.15) is 5.10 Å². The molecule has 6 nitrogen and oxygen atoms in total. The van der Waals surface area contributed by atoms with Crippen LogP contribution in [0.4, 0.5) is 5.95 Å². The van der Waals surface area contributed by atoms with E-state index < -0.39 is 0 Å². The first-order valence-corrected chi connectivity index (χ1v) is 8.72. The molecule has 0 amide bonds. The van der Waals surface area contributed by atoms with Crippen molar-refractivity contribution in [3.63, 3.8) is 0 Å². The lowest BCUT2D eigenvalue weighted by Gasteiger charge is -2.22. The Kier molecular flexibility index (Phi) is 3.41. The Balaban J connectivity index is 1.53. The molecular formula is C20H18N6. The van der Waals surface area contributed by atoms with Crippen molar-refractivity contribution in [2.45, 2.75) is 19.4 Å². The minimum Gasteiger partial charge on any atom is -0.340 e. The summed E-state index contributed by atoms with van der Waals surface area (Å²) in [5.41, 5.74) is 6.64. The highest BCUT2D eigenvalue weighted by Crippen LogP contribution is 2.36. The topological polar surface area (TPSA) is 70.6 Å². The lowest BCUT2D eigenvalue weighted by molar-refractivity contribution is 0.827. The Morgan fingerprint density at radius 3 is 2.81 bits per heavy atom. The zero-order valence-electron chi connectivity index (χ0n) is 14.5. The summed E-state index contributed by atoms with van der Waals surface area (Å²) in [7, 11) is 2.03. The van der Waals surface area contributed by atoms with E-state index in [0.29, 0.717) is 0 Å². The second kappa shape index (κ2) is 5.91. The fraction of sp³-hybridized carbons (Fsp3) is 0.200. The number of pyridine rings is 1. The van der Waals surface area contributed by atoms with Gasteiger partial charge >= 0.3 is 0 Å². The molecule has 1 aromatic carbocycles. The Morgan fingerprint density at radius 1 is 1.04 bits per heavy atom. The molecule has 0 aliphatic heterocycles. The molecule has 6 heteroatoms. The average molecular weight is 342 g/mol. The maximum absolute atomic E-state index is 4.86. The van der Waals surface area contributed by atoms with Crippen molar-refractivity contribution in [2.75, 3.05) is 11.9 Å². The van der Waals surface area contributed by atoms with Crippen LogP contribution < -0.4 is 4.90 Å². The number of fused-ring (bicyclic) bond motifs is 5. The van der Waals surface area contributed by atoms with Crippen molar-refractivity contribution in [1.82, 2.24) is 25.1 Å². The van der Waals surface area contributed by atoms with Gasteiger partial charge in [0.15, 0.2) is 5.65 Å². The average Bonchev–Trinajstić information content (AvgIpc) is 3.17. The number of aromatic nitrogens is 5. The van der Waals surface area contributed by atoms with Crippen LogP contribution >= 0.6 is 0 Å². The molecule has 0 bridgehead atoms. The van der Waals surface area contributed by atoms with E-state index in [4.69, 9.17) is 4.98 Å². The summed E-state index contributed by atoms with van der Waals surface area (Å²) in [5.74, 6) is 0.758. The van der Waals surface area contributed by atoms with Crippen LogP contribution in [0.3, 0.4) is 0 Å². The van der Waals surface area contributed by atoms with Gasteiger partial charge in [0.2, 0.25) is 5.95 Å². The molecule has 1 N–H and O–H groups in total. The minimum absolute atomic E-state index is 0.758. The van der Waals surface area contributed by atoms with E-state index in [1.54, 1.807) is 0 Å². The summed E-state index contributed by atoms with van der Waals surface area (Å²) < 4.78 is 0. The number of aryl methyl sites for hydroxylation is 2. The summed E-state index contributed by atoms with van der Waals surface area (Å²) in [4.78, 5) is 16.0. The molecule has 128 valence electrons. The van der Waals surface area contributed by atoms with E-state index in [0.717, 1.165) is 47.6 Å². The van der Waals surface area contributed by atoms with Gasteiger partial charge in [0.05, 0.1) is 11.9 Å². The fourth-order valence-electron chi connectivity index (χ4n) is 3.62. The van der Waals surface area contributed by atoms with Crippen LogP contribution in [0.1, 0.15) is 16.8 Å². The van der Waals surface area contributed by atoms with Crippen molar-refractivity contribution in [3.05, 3.63) is 65.7 Å². The second-order valence-corrected chi connectivity index (χ2v) is 6.66. The number of rotatable bonds is 3. The van der Waals surface area contributed by atoms with Crippen molar-refractivity contribution in [1.29, 1.82) is 0 Å². The van der Waals surface area contributed by atoms with Crippen molar-refractivity contribution in [2.24, 2.45) is 0 Å². The Bertz CT molecular complexity index is 1090. The molecule has 1 aliphatic rings. The standard InChI is InChI=1S/C20H18N6/c1-26(12-13-5-3-2-4-6-13)20-22-10-15-17(24-20)8-7-14-9-21-19-16(18(14)15)11-23-25-19/h2-6,9-11H,7-8,12H2,1H3,(H,21,23,25). The molecule has 0 unspecified atom stereocenters. The van der Waals surface area contributed by atoms with E-state index in [2.05, 4.69) is 49.3 Å². The van der Waals surface area contributed by atoms with Gasteiger partial charge in [-0.15, -0.1) is 0 Å². The van der Waals surface area contributed by atoms with Gasteiger partial charge in [-0.25, -0.2) is 15.0 Å². The van der Waals surface area contributed by atoms with Crippen LogP contribution in [0.25, 0.3) is 22.2 Å². The van der Waals surface area contributed by atoms with Crippen LogP contribution in [-0.2, 0) is 19.4 Å². The van der Waals surface area contributed by atoms with E-state index in [-0.39, 0.29) is 0 Å². The van der Waals surface area contributed by atoms with Crippen molar-refractivity contribution < 1.29 is 0 Å². The Morgan fingerprint density at radius 2 is 1.92 bits per heavy atom. The lowest BCUT2D eigenvalue weighted by Crippen LogP contribution is -2.20. The molecule has 3 heterocycles. The molecule has 3 aromatic heterocycles. The van der Waals surface area contributed by atoms with Gasteiger partial charge in [-0.05, 0) is 24.0 Å². The quantitative estimate of drug-likeness (QED) is 0.619. The number of aromatic amines is 1. The lowest BCUT2D eigenvalue weighted by atomic mass is 9.89. The minimum atomic E-state index is 0.758. The molecule has 0 atom stereocenters. The number of hydrogen-bond acceptors (Lipinski definition) is 5. The second-order valence-electron chi connectivity index (χ2n) is 6.66. The van der Waals surface area contributed by atoms with Crippen LogP contribution in [0.5, 0.6) is 0 Å². The van der Waals surface area contributed by atoms with Gasteiger partial charge in [-0.3, -0.25) is 5.10 Å². The predicted molar refractivity (Wildman–Crippen MR) is 101 cm³/mol. The molecule has 0 spiro atoms. The summed E-state index contributed by atoms with van der Waals surface area (Å²) in [5, 5.41) is 8.12. The van der Waals surface area contributed by atoms with Crippen molar-refractivity contribution in [3.8, 4) is 11.1 Å². The Hall–Kier alpha value is -3.28. The SMILES string of the molecule is CN(Cc1ccccc1)c1ncc2c(n1)CCc1cnc3[nH]ncc3c1-2. The molecule has 1 aliphatic carbocycles.